The smallest absolute Gasteiger partial charge is 0.317 e. The van der Waals surface area contributed by atoms with Gasteiger partial charge in [-0.25, -0.2) is 9.50 Å². The number of carboxylic acids is 1. The maximum absolute atomic E-state index is 11.0. The van der Waals surface area contributed by atoms with Gasteiger partial charge in [-0.15, -0.1) is 0 Å². The number of aryl methyl sites for hydroxylation is 1. The second-order valence-electron chi connectivity index (χ2n) is 3.70. The van der Waals surface area contributed by atoms with Crippen molar-refractivity contribution < 1.29 is 9.90 Å². The van der Waals surface area contributed by atoms with Crippen LogP contribution in [0.1, 0.15) is 19.0 Å². The quantitative estimate of drug-likeness (QED) is 0.842. The fourth-order valence-corrected chi connectivity index (χ4v) is 2.49. The van der Waals surface area contributed by atoms with Gasteiger partial charge in [0, 0.05) is 12.4 Å². The molecule has 0 aliphatic rings. The van der Waals surface area contributed by atoms with Gasteiger partial charge in [0.2, 0.25) is 0 Å². The Morgan fingerprint density at radius 3 is 3.06 bits per heavy atom. The van der Waals surface area contributed by atoms with E-state index in [1.165, 1.54) is 11.8 Å². The summed E-state index contributed by atoms with van der Waals surface area (Å²) in [5.41, 5.74) is 1.75. The van der Waals surface area contributed by atoms with Crippen molar-refractivity contribution in [3.8, 4) is 0 Å². The van der Waals surface area contributed by atoms with E-state index in [9.17, 15) is 4.79 Å². The number of hydrogen-bond acceptors (Lipinski definition) is 4. The monoisotopic (exact) mass is 251 g/mol. The van der Waals surface area contributed by atoms with Gasteiger partial charge >= 0.3 is 5.97 Å². The highest BCUT2D eigenvalue weighted by Gasteiger charge is 2.19. The Labute approximate surface area is 103 Å². The van der Waals surface area contributed by atoms with Gasteiger partial charge in [-0.2, -0.15) is 5.10 Å². The molecule has 1 atom stereocenters. The van der Waals surface area contributed by atoms with Crippen LogP contribution in [0.5, 0.6) is 0 Å². The van der Waals surface area contributed by atoms with Gasteiger partial charge in [-0.3, -0.25) is 4.79 Å². The summed E-state index contributed by atoms with van der Waals surface area (Å²) in [6.45, 7) is 3.75. The summed E-state index contributed by atoms with van der Waals surface area (Å²) in [6, 6.07) is 1.91. The van der Waals surface area contributed by atoms with E-state index in [1.54, 1.807) is 16.9 Å². The first-order chi connectivity index (χ1) is 8.11. The Balaban J connectivity index is 2.38. The van der Waals surface area contributed by atoms with Crippen LogP contribution in [-0.2, 0) is 4.79 Å². The lowest BCUT2D eigenvalue weighted by Gasteiger charge is -2.08. The van der Waals surface area contributed by atoms with E-state index in [2.05, 4.69) is 10.1 Å². The zero-order chi connectivity index (χ0) is 12.4. The number of nitrogens with zero attached hydrogens (tertiary/aromatic N) is 3. The molecule has 1 N–H and O–H groups in total. The lowest BCUT2D eigenvalue weighted by atomic mass is 10.3. The second kappa shape index (κ2) is 4.75. The van der Waals surface area contributed by atoms with Crippen LogP contribution in [0.4, 0.5) is 0 Å². The molecule has 5 nitrogen and oxygen atoms in total. The molecule has 2 aromatic heterocycles. The number of carbonyl (C=O) groups is 1. The topological polar surface area (TPSA) is 67.5 Å². The van der Waals surface area contributed by atoms with E-state index >= 15 is 0 Å². The summed E-state index contributed by atoms with van der Waals surface area (Å²) < 4.78 is 1.72. The molecule has 90 valence electrons. The number of fused-ring (bicyclic) bond motifs is 1. The second-order valence-corrected chi connectivity index (χ2v) is 4.89. The van der Waals surface area contributed by atoms with Crippen LogP contribution in [0.3, 0.4) is 0 Å². The van der Waals surface area contributed by atoms with Gasteiger partial charge in [-0.05, 0) is 19.4 Å². The Kier molecular flexibility index (Phi) is 3.33. The molecular weight excluding hydrogens is 238 g/mol. The van der Waals surface area contributed by atoms with Crippen LogP contribution in [0, 0.1) is 6.92 Å². The SMILES string of the molecule is CCC(Sc1nccn2nc(C)cc12)C(=O)O. The third kappa shape index (κ3) is 2.41. The summed E-state index contributed by atoms with van der Waals surface area (Å²) in [6.07, 6.45) is 3.96. The molecule has 0 bridgehead atoms. The highest BCUT2D eigenvalue weighted by Crippen LogP contribution is 2.27. The average Bonchev–Trinajstić information content (AvgIpc) is 2.66. The lowest BCUT2D eigenvalue weighted by Crippen LogP contribution is -2.15. The average molecular weight is 251 g/mol. The van der Waals surface area contributed by atoms with Gasteiger partial charge in [-0.1, -0.05) is 18.7 Å². The highest BCUT2D eigenvalue weighted by atomic mass is 32.2. The third-order valence-electron chi connectivity index (χ3n) is 2.38. The van der Waals surface area contributed by atoms with E-state index in [1.807, 2.05) is 19.9 Å². The molecule has 0 radical (unpaired) electrons. The van der Waals surface area contributed by atoms with Crippen LogP contribution in [0.15, 0.2) is 23.5 Å². The summed E-state index contributed by atoms with van der Waals surface area (Å²) in [4.78, 5) is 15.2. The predicted molar refractivity (Wildman–Crippen MR) is 65.3 cm³/mol. The molecule has 6 heteroatoms. The van der Waals surface area contributed by atoms with Gasteiger partial charge < -0.3 is 5.11 Å². The first-order valence-corrected chi connectivity index (χ1v) is 6.20. The molecule has 0 fully saturated rings. The molecule has 2 heterocycles. The largest absolute Gasteiger partial charge is 0.480 e. The van der Waals surface area contributed by atoms with E-state index in [0.717, 1.165) is 11.2 Å². The van der Waals surface area contributed by atoms with E-state index in [-0.39, 0.29) is 0 Å². The van der Waals surface area contributed by atoms with Crippen molar-refractivity contribution in [2.45, 2.75) is 30.5 Å². The predicted octanol–water partition coefficient (Wildman–Crippen LogP) is 1.99. The number of thioether (sulfide) groups is 1. The summed E-state index contributed by atoms with van der Waals surface area (Å²) in [5, 5.41) is 13.6. The van der Waals surface area contributed by atoms with Crippen molar-refractivity contribution in [1.29, 1.82) is 0 Å². The first-order valence-electron chi connectivity index (χ1n) is 5.32. The first kappa shape index (κ1) is 11.9. The molecule has 0 saturated carbocycles. The fourth-order valence-electron chi connectivity index (χ4n) is 1.55. The van der Waals surface area contributed by atoms with Crippen molar-refractivity contribution in [3.05, 3.63) is 24.2 Å². The lowest BCUT2D eigenvalue weighted by molar-refractivity contribution is -0.136. The minimum atomic E-state index is -0.808. The van der Waals surface area contributed by atoms with Crippen LogP contribution in [0.2, 0.25) is 0 Å². The normalized spacial score (nSPS) is 12.8. The van der Waals surface area contributed by atoms with Gasteiger partial charge in [0.05, 0.1) is 11.2 Å². The van der Waals surface area contributed by atoms with Crippen molar-refractivity contribution in [2.24, 2.45) is 0 Å². The summed E-state index contributed by atoms with van der Waals surface area (Å²) >= 11 is 1.27. The van der Waals surface area contributed by atoms with Gasteiger partial charge in [0.25, 0.3) is 0 Å². The molecule has 0 amide bonds. The Morgan fingerprint density at radius 1 is 1.65 bits per heavy atom. The van der Waals surface area contributed by atoms with Gasteiger partial charge in [0.1, 0.15) is 10.3 Å². The number of carboxylic acid groups (broad SMARTS) is 1. The molecule has 0 aliphatic heterocycles. The van der Waals surface area contributed by atoms with E-state index in [4.69, 9.17) is 5.11 Å². The number of aromatic nitrogens is 3. The van der Waals surface area contributed by atoms with Crippen molar-refractivity contribution >= 4 is 23.2 Å². The molecule has 1 unspecified atom stereocenters. The third-order valence-corrected chi connectivity index (χ3v) is 3.73. The summed E-state index contributed by atoms with van der Waals surface area (Å²) in [7, 11) is 0. The number of hydrogen-bond donors (Lipinski definition) is 1. The number of aliphatic carboxylic acids is 1. The molecule has 0 aromatic carbocycles. The van der Waals surface area contributed by atoms with Crippen molar-refractivity contribution in [3.63, 3.8) is 0 Å². The van der Waals surface area contributed by atoms with Crippen molar-refractivity contribution in [2.75, 3.05) is 0 Å². The molecule has 17 heavy (non-hydrogen) atoms. The molecule has 0 spiro atoms. The molecule has 0 saturated heterocycles. The molecule has 2 rings (SSSR count). The zero-order valence-electron chi connectivity index (χ0n) is 9.62. The van der Waals surface area contributed by atoms with Gasteiger partial charge in [0.15, 0.2) is 0 Å². The van der Waals surface area contributed by atoms with Crippen LogP contribution >= 0.6 is 11.8 Å². The Bertz CT molecular complexity index is 553. The van der Waals surface area contributed by atoms with Crippen molar-refractivity contribution in [1.82, 2.24) is 14.6 Å². The standard InChI is InChI=1S/C11H13N3O2S/c1-3-9(11(15)16)17-10-8-6-7(2)13-14(8)5-4-12-10/h4-6,9H,3H2,1-2H3,(H,15,16). The van der Waals surface area contributed by atoms with E-state index in [0.29, 0.717) is 11.4 Å². The highest BCUT2D eigenvalue weighted by molar-refractivity contribution is 8.00. The summed E-state index contributed by atoms with van der Waals surface area (Å²) in [5.74, 6) is -0.808. The molecule has 0 aliphatic carbocycles. The van der Waals surface area contributed by atoms with Crippen LogP contribution in [0.25, 0.3) is 5.52 Å². The molecule has 2 aromatic rings. The Morgan fingerprint density at radius 2 is 2.41 bits per heavy atom. The minimum Gasteiger partial charge on any atom is -0.480 e. The van der Waals surface area contributed by atoms with Crippen LogP contribution < -0.4 is 0 Å². The van der Waals surface area contributed by atoms with Crippen LogP contribution in [-0.4, -0.2) is 30.9 Å². The number of rotatable bonds is 4. The zero-order valence-corrected chi connectivity index (χ0v) is 10.4. The fraction of sp³-hybridized carbons (Fsp3) is 0.364. The van der Waals surface area contributed by atoms with E-state index < -0.39 is 11.2 Å². The maximum Gasteiger partial charge on any atom is 0.317 e. The molecular formula is C11H13N3O2S. The minimum absolute atomic E-state index is 0.469. The maximum atomic E-state index is 11.0. The Hall–Kier alpha value is -1.56.